The Kier molecular flexibility index (Phi) is 3.66. The summed E-state index contributed by atoms with van der Waals surface area (Å²) in [5.41, 5.74) is -0.203. The molecule has 4 heteroatoms. The number of hydrogen-bond donors (Lipinski definition) is 1. The number of carbonyl (C=O) groups excluding carboxylic acids is 1. The van der Waals surface area contributed by atoms with E-state index in [9.17, 15) is 14.3 Å². The van der Waals surface area contributed by atoms with Gasteiger partial charge in [-0.25, -0.2) is 4.39 Å². The third-order valence-corrected chi connectivity index (χ3v) is 3.63. The predicted molar refractivity (Wildman–Crippen MR) is 66.4 cm³/mol. The van der Waals surface area contributed by atoms with Crippen LogP contribution in [0.25, 0.3) is 0 Å². The fourth-order valence-electron chi connectivity index (χ4n) is 2.40. The molecule has 1 heterocycles. The summed E-state index contributed by atoms with van der Waals surface area (Å²) in [7, 11) is 0. The average molecular weight is 251 g/mol. The van der Waals surface area contributed by atoms with Crippen molar-refractivity contribution < 1.29 is 14.3 Å². The zero-order valence-corrected chi connectivity index (χ0v) is 10.5. The molecule has 1 N–H and O–H groups in total. The molecule has 0 saturated carbocycles. The molecule has 2 rings (SSSR count). The summed E-state index contributed by atoms with van der Waals surface area (Å²) in [5, 5.41) is 10.5. The number of halogens is 1. The largest absolute Gasteiger partial charge is 0.385 e. The van der Waals surface area contributed by atoms with E-state index in [1.807, 2.05) is 6.92 Å². The molecule has 1 saturated heterocycles. The minimum absolute atomic E-state index is 0.121. The lowest BCUT2D eigenvalue weighted by Gasteiger charge is -2.38. The zero-order valence-electron chi connectivity index (χ0n) is 10.5. The van der Waals surface area contributed by atoms with Crippen LogP contribution in [0.5, 0.6) is 0 Å². The Balaban J connectivity index is 2.07. The van der Waals surface area contributed by atoms with E-state index < -0.39 is 5.60 Å². The Morgan fingerprint density at radius 2 is 1.89 bits per heavy atom. The summed E-state index contributed by atoms with van der Waals surface area (Å²) in [4.78, 5) is 13.3. The van der Waals surface area contributed by atoms with Gasteiger partial charge in [-0.1, -0.05) is 19.1 Å². The van der Waals surface area contributed by atoms with E-state index in [0.717, 1.165) is 5.56 Å². The molecule has 0 bridgehead atoms. The van der Waals surface area contributed by atoms with Crippen LogP contribution in [0.4, 0.5) is 4.39 Å². The highest BCUT2D eigenvalue weighted by atomic mass is 19.1. The van der Waals surface area contributed by atoms with E-state index in [2.05, 4.69) is 0 Å². The zero-order chi connectivity index (χ0) is 13.2. The Labute approximate surface area is 106 Å². The Morgan fingerprint density at radius 3 is 2.39 bits per heavy atom. The molecule has 98 valence electrons. The van der Waals surface area contributed by atoms with Crippen molar-refractivity contribution >= 4 is 5.91 Å². The number of rotatable bonds is 2. The van der Waals surface area contributed by atoms with Crippen molar-refractivity contribution in [2.45, 2.75) is 31.8 Å². The summed E-state index contributed by atoms with van der Waals surface area (Å²) in [6, 6.07) is 5.95. The Bertz CT molecular complexity index is 422. The fraction of sp³-hybridized carbons (Fsp3) is 0.500. The molecule has 1 fully saturated rings. The van der Waals surface area contributed by atoms with Crippen molar-refractivity contribution in [3.8, 4) is 0 Å². The fourth-order valence-corrected chi connectivity index (χ4v) is 2.40. The van der Waals surface area contributed by atoms with Gasteiger partial charge in [0.1, 0.15) is 5.82 Å². The highest BCUT2D eigenvalue weighted by Crippen LogP contribution is 2.32. The van der Waals surface area contributed by atoms with Gasteiger partial charge >= 0.3 is 0 Å². The second kappa shape index (κ2) is 5.06. The highest BCUT2D eigenvalue weighted by Gasteiger charge is 2.34. The lowest BCUT2D eigenvalue weighted by atomic mass is 9.84. The van der Waals surface area contributed by atoms with Crippen LogP contribution in [-0.2, 0) is 10.4 Å². The van der Waals surface area contributed by atoms with E-state index >= 15 is 0 Å². The van der Waals surface area contributed by atoms with Crippen LogP contribution in [0.2, 0.25) is 0 Å². The van der Waals surface area contributed by atoms with Crippen LogP contribution in [0.3, 0.4) is 0 Å². The standard InChI is InChI=1S/C14H18FNO2/c1-2-13(17)16-9-7-14(18,8-10-16)11-3-5-12(15)6-4-11/h3-6,18H,2,7-10H2,1H3. The maximum absolute atomic E-state index is 12.9. The number of hydrogen-bond acceptors (Lipinski definition) is 2. The van der Waals surface area contributed by atoms with Gasteiger partial charge in [-0.2, -0.15) is 0 Å². The third kappa shape index (κ3) is 2.53. The molecule has 0 radical (unpaired) electrons. The van der Waals surface area contributed by atoms with E-state index in [-0.39, 0.29) is 11.7 Å². The molecule has 1 aliphatic heterocycles. The molecule has 1 aliphatic rings. The van der Waals surface area contributed by atoms with Crippen LogP contribution in [0, 0.1) is 5.82 Å². The normalized spacial score (nSPS) is 18.7. The van der Waals surface area contributed by atoms with Crippen molar-refractivity contribution in [2.24, 2.45) is 0 Å². The number of benzene rings is 1. The maximum atomic E-state index is 12.9. The van der Waals surface area contributed by atoms with Gasteiger partial charge in [-0.05, 0) is 30.5 Å². The quantitative estimate of drug-likeness (QED) is 0.874. The smallest absolute Gasteiger partial charge is 0.222 e. The molecule has 0 aliphatic carbocycles. The first-order valence-electron chi connectivity index (χ1n) is 6.31. The average Bonchev–Trinajstić information content (AvgIpc) is 2.39. The van der Waals surface area contributed by atoms with E-state index in [1.54, 1.807) is 17.0 Å². The summed E-state index contributed by atoms with van der Waals surface area (Å²) < 4.78 is 12.9. The molecule has 1 aromatic rings. The monoisotopic (exact) mass is 251 g/mol. The van der Waals surface area contributed by atoms with Gasteiger partial charge in [0.25, 0.3) is 0 Å². The lowest BCUT2D eigenvalue weighted by Crippen LogP contribution is -2.45. The number of aliphatic hydroxyl groups is 1. The van der Waals surface area contributed by atoms with Crippen LogP contribution in [0.1, 0.15) is 31.7 Å². The highest BCUT2D eigenvalue weighted by molar-refractivity contribution is 5.75. The van der Waals surface area contributed by atoms with Gasteiger partial charge in [0.15, 0.2) is 0 Å². The van der Waals surface area contributed by atoms with E-state index in [1.165, 1.54) is 12.1 Å². The third-order valence-electron chi connectivity index (χ3n) is 3.63. The van der Waals surface area contributed by atoms with Gasteiger partial charge in [0.05, 0.1) is 5.60 Å². The molecular weight excluding hydrogens is 233 g/mol. The van der Waals surface area contributed by atoms with Gasteiger partial charge in [-0.3, -0.25) is 4.79 Å². The Morgan fingerprint density at radius 1 is 1.33 bits per heavy atom. The first kappa shape index (κ1) is 13.0. The van der Waals surface area contributed by atoms with Crippen LogP contribution >= 0.6 is 0 Å². The van der Waals surface area contributed by atoms with Crippen molar-refractivity contribution in [2.75, 3.05) is 13.1 Å². The van der Waals surface area contributed by atoms with Gasteiger partial charge in [0, 0.05) is 19.5 Å². The van der Waals surface area contributed by atoms with Crippen LogP contribution in [-0.4, -0.2) is 29.0 Å². The first-order valence-corrected chi connectivity index (χ1v) is 6.31. The molecule has 18 heavy (non-hydrogen) atoms. The molecule has 0 atom stereocenters. The van der Waals surface area contributed by atoms with Crippen LogP contribution < -0.4 is 0 Å². The summed E-state index contributed by atoms with van der Waals surface area (Å²) >= 11 is 0. The minimum Gasteiger partial charge on any atom is -0.385 e. The molecule has 3 nitrogen and oxygen atoms in total. The molecule has 1 aromatic carbocycles. The number of nitrogens with zero attached hydrogens (tertiary/aromatic N) is 1. The van der Waals surface area contributed by atoms with Crippen molar-refractivity contribution in [1.82, 2.24) is 4.90 Å². The first-order chi connectivity index (χ1) is 8.55. The van der Waals surface area contributed by atoms with Crippen molar-refractivity contribution in [1.29, 1.82) is 0 Å². The number of piperidine rings is 1. The minimum atomic E-state index is -0.932. The molecule has 0 aromatic heterocycles. The van der Waals surface area contributed by atoms with E-state index in [0.29, 0.717) is 32.4 Å². The summed E-state index contributed by atoms with van der Waals surface area (Å²) in [5.74, 6) is -0.183. The topological polar surface area (TPSA) is 40.5 Å². The number of carbonyl (C=O) groups is 1. The van der Waals surface area contributed by atoms with Gasteiger partial charge < -0.3 is 10.0 Å². The SMILES string of the molecule is CCC(=O)N1CCC(O)(c2ccc(F)cc2)CC1. The lowest BCUT2D eigenvalue weighted by molar-refractivity contribution is -0.135. The van der Waals surface area contributed by atoms with E-state index in [4.69, 9.17) is 0 Å². The van der Waals surface area contributed by atoms with Crippen molar-refractivity contribution in [3.05, 3.63) is 35.6 Å². The summed E-state index contributed by atoms with van der Waals surface area (Å²) in [6.07, 6.45) is 1.50. The number of amides is 1. The Hall–Kier alpha value is -1.42. The molecule has 1 amide bonds. The number of likely N-dealkylation sites (tertiary alicyclic amines) is 1. The maximum Gasteiger partial charge on any atom is 0.222 e. The second-order valence-corrected chi connectivity index (χ2v) is 4.77. The second-order valence-electron chi connectivity index (χ2n) is 4.77. The predicted octanol–water partition coefficient (Wildman–Crippen LogP) is 2.05. The van der Waals surface area contributed by atoms with Crippen molar-refractivity contribution in [3.63, 3.8) is 0 Å². The molecule has 0 spiro atoms. The summed E-state index contributed by atoms with van der Waals surface area (Å²) in [6.45, 7) is 2.95. The molecular formula is C14H18FNO2. The van der Waals surface area contributed by atoms with Gasteiger partial charge in [0.2, 0.25) is 5.91 Å². The van der Waals surface area contributed by atoms with Gasteiger partial charge in [-0.15, -0.1) is 0 Å². The molecule has 0 unspecified atom stereocenters. The van der Waals surface area contributed by atoms with Crippen LogP contribution in [0.15, 0.2) is 24.3 Å².